The summed E-state index contributed by atoms with van der Waals surface area (Å²) in [7, 11) is 4.11. The van der Waals surface area contributed by atoms with Gasteiger partial charge in [0.1, 0.15) is 0 Å². The van der Waals surface area contributed by atoms with Gasteiger partial charge in [-0.25, -0.2) is 0 Å². The fraction of sp³-hybridized carbons (Fsp3) is 0.250. The first kappa shape index (κ1) is 14.0. The van der Waals surface area contributed by atoms with Crippen molar-refractivity contribution in [3.8, 4) is 23.3 Å². The van der Waals surface area contributed by atoms with Crippen LogP contribution in [-0.2, 0) is 4.79 Å². The second kappa shape index (κ2) is 8.33. The van der Waals surface area contributed by atoms with Crippen LogP contribution in [0.2, 0.25) is 0 Å². The molecule has 0 saturated carbocycles. The molecular formula is C12H14O4. The Morgan fingerprint density at radius 2 is 1.81 bits per heavy atom. The standard InChI is InChI=1S/C11H10O3.CH4O/c1-13-10-6-5-9(4-3-7-12)8-11(10)14-2;1-2/h5-8H,1-2H3;2H,1H3. The van der Waals surface area contributed by atoms with E-state index in [9.17, 15) is 4.79 Å². The minimum absolute atomic E-state index is 0.552. The summed E-state index contributed by atoms with van der Waals surface area (Å²) in [6.45, 7) is 0. The zero-order chi connectivity index (χ0) is 12.4. The maximum Gasteiger partial charge on any atom is 0.193 e. The first-order chi connectivity index (χ1) is 7.81. The summed E-state index contributed by atoms with van der Waals surface area (Å²) in [5.41, 5.74) is 0.717. The number of aliphatic hydroxyl groups is 1. The lowest BCUT2D eigenvalue weighted by Crippen LogP contribution is -1.90. The summed E-state index contributed by atoms with van der Waals surface area (Å²) in [5, 5.41) is 7.00. The van der Waals surface area contributed by atoms with Crippen molar-refractivity contribution < 1.29 is 19.4 Å². The van der Waals surface area contributed by atoms with Crippen LogP contribution in [0, 0.1) is 11.8 Å². The van der Waals surface area contributed by atoms with Crippen LogP contribution >= 0.6 is 0 Å². The van der Waals surface area contributed by atoms with Gasteiger partial charge in [-0.2, -0.15) is 0 Å². The van der Waals surface area contributed by atoms with E-state index in [0.29, 0.717) is 17.8 Å². The van der Waals surface area contributed by atoms with E-state index in [1.807, 2.05) is 0 Å². The van der Waals surface area contributed by atoms with E-state index in [1.165, 1.54) is 0 Å². The molecule has 1 rings (SSSR count). The van der Waals surface area contributed by atoms with Gasteiger partial charge >= 0.3 is 0 Å². The normalized spacial score (nSPS) is 7.75. The molecule has 0 amide bonds. The molecule has 0 unspecified atom stereocenters. The Bertz CT molecular complexity index is 388. The average Bonchev–Trinajstić information content (AvgIpc) is 2.38. The van der Waals surface area contributed by atoms with Gasteiger partial charge in [-0.05, 0) is 24.1 Å². The molecule has 0 spiro atoms. The van der Waals surface area contributed by atoms with Crippen molar-refractivity contribution in [3.05, 3.63) is 23.8 Å². The molecular weight excluding hydrogens is 208 g/mol. The molecule has 0 aromatic heterocycles. The maximum absolute atomic E-state index is 10.0. The van der Waals surface area contributed by atoms with Crippen molar-refractivity contribution >= 4 is 6.29 Å². The topological polar surface area (TPSA) is 55.8 Å². The van der Waals surface area contributed by atoms with Crippen LogP contribution in [0.4, 0.5) is 0 Å². The fourth-order valence-corrected chi connectivity index (χ4v) is 1.03. The van der Waals surface area contributed by atoms with Crippen molar-refractivity contribution in [2.45, 2.75) is 0 Å². The largest absolute Gasteiger partial charge is 0.493 e. The molecule has 0 heterocycles. The number of aliphatic hydroxyl groups excluding tert-OH is 1. The summed E-state index contributed by atoms with van der Waals surface area (Å²) in [4.78, 5) is 10.0. The lowest BCUT2D eigenvalue weighted by Gasteiger charge is -2.06. The second-order valence-corrected chi connectivity index (χ2v) is 2.46. The predicted octanol–water partition coefficient (Wildman–Crippen LogP) is 0.863. The summed E-state index contributed by atoms with van der Waals surface area (Å²) < 4.78 is 10.1. The van der Waals surface area contributed by atoms with Gasteiger partial charge in [-0.15, -0.1) is 0 Å². The quantitative estimate of drug-likeness (QED) is 0.595. The van der Waals surface area contributed by atoms with Crippen molar-refractivity contribution in [2.24, 2.45) is 0 Å². The molecule has 4 nitrogen and oxygen atoms in total. The molecule has 4 heteroatoms. The van der Waals surface area contributed by atoms with Crippen LogP contribution in [0.15, 0.2) is 18.2 Å². The molecule has 0 atom stereocenters. The zero-order valence-electron chi connectivity index (χ0n) is 9.48. The zero-order valence-corrected chi connectivity index (χ0v) is 9.48. The van der Waals surface area contributed by atoms with E-state index in [-0.39, 0.29) is 0 Å². The SMILES string of the molecule is CO.COc1ccc(C#CC=O)cc1OC. The molecule has 1 N–H and O–H groups in total. The van der Waals surface area contributed by atoms with E-state index in [0.717, 1.165) is 12.7 Å². The number of rotatable bonds is 2. The molecule has 0 aliphatic carbocycles. The highest BCUT2D eigenvalue weighted by Gasteiger charge is 2.02. The minimum Gasteiger partial charge on any atom is -0.493 e. The van der Waals surface area contributed by atoms with E-state index in [4.69, 9.17) is 14.6 Å². The van der Waals surface area contributed by atoms with E-state index in [2.05, 4.69) is 11.8 Å². The summed E-state index contributed by atoms with van der Waals surface area (Å²) in [5.74, 6) is 6.24. The molecule has 0 fully saturated rings. The van der Waals surface area contributed by atoms with Crippen LogP contribution < -0.4 is 9.47 Å². The third-order valence-electron chi connectivity index (χ3n) is 1.66. The Morgan fingerprint density at radius 1 is 1.19 bits per heavy atom. The number of methoxy groups -OCH3 is 2. The van der Waals surface area contributed by atoms with E-state index in [1.54, 1.807) is 32.4 Å². The number of aldehydes is 1. The Balaban J connectivity index is 0.00000106. The van der Waals surface area contributed by atoms with Gasteiger partial charge in [0.25, 0.3) is 0 Å². The third-order valence-corrected chi connectivity index (χ3v) is 1.66. The van der Waals surface area contributed by atoms with Gasteiger partial charge in [0.15, 0.2) is 17.8 Å². The minimum atomic E-state index is 0.552. The molecule has 16 heavy (non-hydrogen) atoms. The lowest BCUT2D eigenvalue weighted by atomic mass is 10.2. The summed E-state index contributed by atoms with van der Waals surface area (Å²) >= 11 is 0. The Labute approximate surface area is 94.8 Å². The van der Waals surface area contributed by atoms with Crippen molar-refractivity contribution in [1.29, 1.82) is 0 Å². The number of hydrogen-bond donors (Lipinski definition) is 1. The van der Waals surface area contributed by atoms with Crippen LogP contribution in [-0.4, -0.2) is 32.7 Å². The maximum atomic E-state index is 10.0. The monoisotopic (exact) mass is 222 g/mol. The van der Waals surface area contributed by atoms with Gasteiger partial charge in [0.2, 0.25) is 0 Å². The molecule has 0 radical (unpaired) electrons. The smallest absolute Gasteiger partial charge is 0.193 e. The van der Waals surface area contributed by atoms with Gasteiger partial charge in [-0.1, -0.05) is 5.92 Å². The first-order valence-electron chi connectivity index (χ1n) is 4.43. The number of benzene rings is 1. The highest BCUT2D eigenvalue weighted by molar-refractivity contribution is 5.74. The third kappa shape index (κ3) is 4.03. The fourth-order valence-electron chi connectivity index (χ4n) is 1.03. The van der Waals surface area contributed by atoms with Gasteiger partial charge in [0, 0.05) is 12.7 Å². The summed E-state index contributed by atoms with van der Waals surface area (Å²) in [6, 6.07) is 5.22. The van der Waals surface area contributed by atoms with Crippen molar-refractivity contribution in [2.75, 3.05) is 21.3 Å². The van der Waals surface area contributed by atoms with Gasteiger partial charge in [0.05, 0.1) is 14.2 Å². The molecule has 0 saturated heterocycles. The van der Waals surface area contributed by atoms with Crippen LogP contribution in [0.3, 0.4) is 0 Å². The Hall–Kier alpha value is -1.99. The molecule has 1 aromatic carbocycles. The number of carbonyl (C=O) groups excluding carboxylic acids is 1. The summed E-state index contributed by atoms with van der Waals surface area (Å²) in [6.07, 6.45) is 0.552. The number of carbonyl (C=O) groups is 1. The molecule has 1 aromatic rings. The highest BCUT2D eigenvalue weighted by Crippen LogP contribution is 2.26. The van der Waals surface area contributed by atoms with Crippen molar-refractivity contribution in [3.63, 3.8) is 0 Å². The number of hydrogen-bond acceptors (Lipinski definition) is 4. The second-order valence-electron chi connectivity index (χ2n) is 2.46. The number of ether oxygens (including phenoxy) is 2. The van der Waals surface area contributed by atoms with E-state index < -0.39 is 0 Å². The predicted molar refractivity (Wildman–Crippen MR) is 60.6 cm³/mol. The van der Waals surface area contributed by atoms with Gasteiger partial charge in [-0.3, -0.25) is 4.79 Å². The molecule has 86 valence electrons. The van der Waals surface area contributed by atoms with Gasteiger partial charge < -0.3 is 14.6 Å². The lowest BCUT2D eigenvalue weighted by molar-refractivity contribution is -0.103. The molecule has 0 aliphatic heterocycles. The van der Waals surface area contributed by atoms with E-state index >= 15 is 0 Å². The molecule has 0 bridgehead atoms. The highest BCUT2D eigenvalue weighted by atomic mass is 16.5. The van der Waals surface area contributed by atoms with Crippen LogP contribution in [0.25, 0.3) is 0 Å². The van der Waals surface area contributed by atoms with Crippen LogP contribution in [0.5, 0.6) is 11.5 Å². The van der Waals surface area contributed by atoms with Crippen LogP contribution in [0.1, 0.15) is 5.56 Å². The average molecular weight is 222 g/mol. The Kier molecular flexibility index (Phi) is 7.29. The van der Waals surface area contributed by atoms with Crippen molar-refractivity contribution in [1.82, 2.24) is 0 Å². The molecule has 0 aliphatic rings. The Morgan fingerprint density at radius 3 is 2.31 bits per heavy atom. The first-order valence-corrected chi connectivity index (χ1v) is 4.43.